The fourth-order valence-electron chi connectivity index (χ4n) is 2.14. The molecule has 2 rings (SSSR count). The molecule has 1 amide bonds. The van der Waals surface area contributed by atoms with Gasteiger partial charge in [0.25, 0.3) is 0 Å². The van der Waals surface area contributed by atoms with Gasteiger partial charge in [0, 0.05) is 11.8 Å². The van der Waals surface area contributed by atoms with Crippen molar-refractivity contribution < 1.29 is 14.7 Å². The molecule has 0 saturated heterocycles. The molecule has 112 valence electrons. The summed E-state index contributed by atoms with van der Waals surface area (Å²) in [4.78, 5) is 23.1. The lowest BCUT2D eigenvalue weighted by atomic mass is 9.85. The predicted octanol–water partition coefficient (Wildman–Crippen LogP) is 3.34. The van der Waals surface area contributed by atoms with Gasteiger partial charge >= 0.3 is 5.97 Å². The van der Waals surface area contributed by atoms with E-state index in [0.29, 0.717) is 17.2 Å². The number of carboxylic acids is 1. The Hall–Kier alpha value is -2.10. The third-order valence-electron chi connectivity index (χ3n) is 3.99. The summed E-state index contributed by atoms with van der Waals surface area (Å²) >= 11 is 0. The molecule has 0 radical (unpaired) electrons. The van der Waals surface area contributed by atoms with E-state index in [9.17, 15) is 14.7 Å². The second kappa shape index (κ2) is 5.72. The van der Waals surface area contributed by atoms with Crippen molar-refractivity contribution in [2.45, 2.75) is 39.0 Å². The number of amides is 1. The number of carbonyl (C=O) groups is 2. The number of carbonyl (C=O) groups excluding carboxylic acids is 1. The Morgan fingerprint density at radius 1 is 1.24 bits per heavy atom. The zero-order chi connectivity index (χ0) is 15.6. The summed E-state index contributed by atoms with van der Waals surface area (Å²) in [6, 6.07) is 6.94. The summed E-state index contributed by atoms with van der Waals surface area (Å²) in [5, 5.41) is 12.0. The van der Waals surface area contributed by atoms with Gasteiger partial charge in [0.15, 0.2) is 0 Å². The van der Waals surface area contributed by atoms with Gasteiger partial charge in [-0.1, -0.05) is 17.7 Å². The predicted molar refractivity (Wildman–Crippen MR) is 82.2 cm³/mol. The Balaban J connectivity index is 2.04. The van der Waals surface area contributed by atoms with Crippen molar-refractivity contribution in [3.8, 4) is 0 Å². The van der Waals surface area contributed by atoms with E-state index in [-0.39, 0.29) is 5.91 Å². The molecule has 0 spiro atoms. The molecule has 1 aromatic rings. The SMILES string of the molecule is C/C(=C/C(=O)Nc1ccc(C(C)(C)C(=O)O)cc1)C1CC1. The number of nitrogens with one attached hydrogen (secondary N) is 1. The summed E-state index contributed by atoms with van der Waals surface area (Å²) < 4.78 is 0. The lowest BCUT2D eigenvalue weighted by Gasteiger charge is -2.19. The quantitative estimate of drug-likeness (QED) is 0.816. The molecule has 0 unspecified atom stereocenters. The van der Waals surface area contributed by atoms with E-state index in [1.165, 1.54) is 12.8 Å². The van der Waals surface area contributed by atoms with Crippen molar-refractivity contribution in [2.24, 2.45) is 5.92 Å². The van der Waals surface area contributed by atoms with Crippen LogP contribution in [-0.2, 0) is 15.0 Å². The number of aliphatic carboxylic acids is 1. The van der Waals surface area contributed by atoms with Crippen LogP contribution >= 0.6 is 0 Å². The Bertz CT molecular complexity index is 581. The van der Waals surface area contributed by atoms with Gasteiger partial charge in [-0.2, -0.15) is 0 Å². The maximum Gasteiger partial charge on any atom is 0.313 e. The smallest absolute Gasteiger partial charge is 0.313 e. The van der Waals surface area contributed by atoms with E-state index in [1.54, 1.807) is 44.2 Å². The molecule has 0 bridgehead atoms. The lowest BCUT2D eigenvalue weighted by molar-refractivity contribution is -0.142. The van der Waals surface area contributed by atoms with E-state index >= 15 is 0 Å². The summed E-state index contributed by atoms with van der Waals surface area (Å²) in [7, 11) is 0. The van der Waals surface area contributed by atoms with Gasteiger partial charge < -0.3 is 10.4 Å². The Morgan fingerprint density at radius 2 is 1.81 bits per heavy atom. The van der Waals surface area contributed by atoms with Crippen LogP contribution in [0.15, 0.2) is 35.9 Å². The van der Waals surface area contributed by atoms with Crippen molar-refractivity contribution >= 4 is 17.6 Å². The minimum absolute atomic E-state index is 0.135. The van der Waals surface area contributed by atoms with Gasteiger partial charge in [0.05, 0.1) is 5.41 Å². The number of benzene rings is 1. The molecule has 0 heterocycles. The van der Waals surface area contributed by atoms with Crippen molar-refractivity contribution in [1.29, 1.82) is 0 Å². The van der Waals surface area contributed by atoms with Crippen LogP contribution in [-0.4, -0.2) is 17.0 Å². The van der Waals surface area contributed by atoms with Crippen LogP contribution in [0.5, 0.6) is 0 Å². The highest BCUT2D eigenvalue weighted by Gasteiger charge is 2.29. The maximum atomic E-state index is 11.9. The van der Waals surface area contributed by atoms with E-state index in [2.05, 4.69) is 5.32 Å². The summed E-state index contributed by atoms with van der Waals surface area (Å²) in [5.41, 5.74) is 1.56. The second-order valence-electron chi connectivity index (χ2n) is 6.16. The zero-order valence-corrected chi connectivity index (χ0v) is 12.6. The second-order valence-corrected chi connectivity index (χ2v) is 6.16. The van der Waals surface area contributed by atoms with Crippen LogP contribution in [0.25, 0.3) is 0 Å². The van der Waals surface area contributed by atoms with Gasteiger partial charge in [0.2, 0.25) is 5.91 Å². The third kappa shape index (κ3) is 3.72. The summed E-state index contributed by atoms with van der Waals surface area (Å²) in [6.07, 6.45) is 4.00. The van der Waals surface area contributed by atoms with Crippen LogP contribution in [0.2, 0.25) is 0 Å². The molecule has 1 fully saturated rings. The van der Waals surface area contributed by atoms with E-state index in [0.717, 1.165) is 5.57 Å². The van der Waals surface area contributed by atoms with Gasteiger partial charge in [-0.25, -0.2) is 0 Å². The fraction of sp³-hybridized carbons (Fsp3) is 0.412. The molecular weight excluding hydrogens is 266 g/mol. The van der Waals surface area contributed by atoms with Crippen LogP contribution in [0.4, 0.5) is 5.69 Å². The minimum atomic E-state index is -0.939. The number of carboxylic acid groups (broad SMARTS) is 1. The van der Waals surface area contributed by atoms with Crippen molar-refractivity contribution in [2.75, 3.05) is 5.32 Å². The first kappa shape index (κ1) is 15.3. The molecular formula is C17H21NO3. The highest BCUT2D eigenvalue weighted by atomic mass is 16.4. The van der Waals surface area contributed by atoms with E-state index in [4.69, 9.17) is 0 Å². The Morgan fingerprint density at radius 3 is 2.29 bits per heavy atom. The average Bonchev–Trinajstić information content (AvgIpc) is 3.23. The van der Waals surface area contributed by atoms with Crippen molar-refractivity contribution in [3.63, 3.8) is 0 Å². The molecule has 0 aromatic heterocycles. The number of anilines is 1. The highest BCUT2D eigenvalue weighted by molar-refractivity contribution is 5.99. The van der Waals surface area contributed by atoms with Gasteiger partial charge in [-0.15, -0.1) is 0 Å². The summed E-state index contributed by atoms with van der Waals surface area (Å²) in [5.74, 6) is -0.429. The number of hydrogen-bond donors (Lipinski definition) is 2. The first-order valence-corrected chi connectivity index (χ1v) is 7.14. The van der Waals surface area contributed by atoms with Crippen LogP contribution in [0.3, 0.4) is 0 Å². The normalized spacial score (nSPS) is 15.7. The highest BCUT2D eigenvalue weighted by Crippen LogP contribution is 2.35. The van der Waals surface area contributed by atoms with Crippen molar-refractivity contribution in [1.82, 2.24) is 0 Å². The average molecular weight is 287 g/mol. The molecule has 21 heavy (non-hydrogen) atoms. The van der Waals surface area contributed by atoms with Crippen LogP contribution in [0, 0.1) is 5.92 Å². The molecule has 4 heteroatoms. The minimum Gasteiger partial charge on any atom is -0.481 e. The van der Waals surface area contributed by atoms with Crippen molar-refractivity contribution in [3.05, 3.63) is 41.5 Å². The van der Waals surface area contributed by atoms with Crippen LogP contribution < -0.4 is 5.32 Å². The molecule has 4 nitrogen and oxygen atoms in total. The molecule has 1 saturated carbocycles. The molecule has 0 atom stereocenters. The number of allylic oxidation sites excluding steroid dienone is 1. The Kier molecular flexibility index (Phi) is 4.16. The molecule has 1 aliphatic carbocycles. The maximum absolute atomic E-state index is 11.9. The summed E-state index contributed by atoms with van der Waals surface area (Å²) in [6.45, 7) is 5.30. The zero-order valence-electron chi connectivity index (χ0n) is 12.6. The molecule has 1 aromatic carbocycles. The first-order chi connectivity index (χ1) is 9.80. The lowest BCUT2D eigenvalue weighted by Crippen LogP contribution is -2.28. The van der Waals surface area contributed by atoms with Gasteiger partial charge in [0.1, 0.15) is 0 Å². The van der Waals surface area contributed by atoms with E-state index in [1.807, 2.05) is 6.92 Å². The largest absolute Gasteiger partial charge is 0.481 e. The fourth-order valence-corrected chi connectivity index (χ4v) is 2.14. The topological polar surface area (TPSA) is 66.4 Å². The van der Waals surface area contributed by atoms with Gasteiger partial charge in [-0.05, 0) is 57.2 Å². The number of hydrogen-bond acceptors (Lipinski definition) is 2. The molecule has 2 N–H and O–H groups in total. The van der Waals surface area contributed by atoms with E-state index < -0.39 is 11.4 Å². The Labute approximate surface area is 124 Å². The van der Waals surface area contributed by atoms with Gasteiger partial charge in [-0.3, -0.25) is 9.59 Å². The monoisotopic (exact) mass is 287 g/mol. The molecule has 1 aliphatic rings. The number of rotatable bonds is 5. The first-order valence-electron chi connectivity index (χ1n) is 7.14. The van der Waals surface area contributed by atoms with Crippen LogP contribution in [0.1, 0.15) is 39.2 Å². The standard InChI is InChI=1S/C17H21NO3/c1-11(12-4-5-12)10-15(19)18-14-8-6-13(7-9-14)17(2,3)16(20)21/h6-10,12H,4-5H2,1-3H3,(H,18,19)(H,20,21)/b11-10-. The molecule has 0 aliphatic heterocycles. The third-order valence-corrected chi connectivity index (χ3v) is 3.99.